The predicted octanol–water partition coefficient (Wildman–Crippen LogP) is 4.68. The van der Waals surface area contributed by atoms with Crippen LogP contribution in [-0.2, 0) is 12.8 Å². The molecule has 3 aromatic rings. The third-order valence-corrected chi connectivity index (χ3v) is 4.75. The van der Waals surface area contributed by atoms with Crippen LogP contribution in [0.4, 0.5) is 5.69 Å². The molecule has 1 aliphatic carbocycles. The minimum atomic E-state index is -0.266. The summed E-state index contributed by atoms with van der Waals surface area (Å²) in [6.07, 6.45) is 4.42. The molecule has 0 unspecified atom stereocenters. The Kier molecular flexibility index (Phi) is 3.69. The summed E-state index contributed by atoms with van der Waals surface area (Å²) >= 11 is 0. The standard InChI is InChI=1S/C21H19NO2/c23-20-13-16-8-2-1-7-15(16)12-18(20)21(24)22-19-11-5-9-14-6-3-4-10-17(14)19/h1-2,5,7-9,11-13,23H,3-4,6,10H2,(H,22,24). The maximum absolute atomic E-state index is 12.7. The van der Waals surface area contributed by atoms with Crippen molar-refractivity contribution in [2.75, 3.05) is 5.32 Å². The Morgan fingerprint density at radius 1 is 0.917 bits per heavy atom. The van der Waals surface area contributed by atoms with Crippen LogP contribution in [0.1, 0.15) is 34.3 Å². The molecule has 0 fully saturated rings. The molecule has 1 aliphatic rings. The topological polar surface area (TPSA) is 49.3 Å². The lowest BCUT2D eigenvalue weighted by Gasteiger charge is -2.19. The summed E-state index contributed by atoms with van der Waals surface area (Å²) in [4.78, 5) is 12.7. The summed E-state index contributed by atoms with van der Waals surface area (Å²) in [5.41, 5.74) is 3.73. The van der Waals surface area contributed by atoms with Crippen LogP contribution < -0.4 is 5.32 Å². The van der Waals surface area contributed by atoms with Gasteiger partial charge in [0.2, 0.25) is 0 Å². The number of hydrogen-bond donors (Lipinski definition) is 2. The van der Waals surface area contributed by atoms with Crippen molar-refractivity contribution in [2.45, 2.75) is 25.7 Å². The fraction of sp³-hybridized carbons (Fsp3) is 0.190. The van der Waals surface area contributed by atoms with Gasteiger partial charge >= 0.3 is 0 Å². The highest BCUT2D eigenvalue weighted by Gasteiger charge is 2.17. The molecule has 0 saturated carbocycles. The average Bonchev–Trinajstić information content (AvgIpc) is 2.61. The molecule has 1 amide bonds. The second-order valence-electron chi connectivity index (χ2n) is 6.32. The van der Waals surface area contributed by atoms with E-state index in [2.05, 4.69) is 11.4 Å². The Bertz CT molecular complexity index is 930. The van der Waals surface area contributed by atoms with Crippen molar-refractivity contribution in [2.24, 2.45) is 0 Å². The number of carbonyl (C=O) groups excluding carboxylic acids is 1. The van der Waals surface area contributed by atoms with Crippen molar-refractivity contribution in [3.63, 3.8) is 0 Å². The van der Waals surface area contributed by atoms with Gasteiger partial charge in [-0.25, -0.2) is 0 Å². The second kappa shape index (κ2) is 6.00. The van der Waals surface area contributed by atoms with Gasteiger partial charge in [0.15, 0.2) is 0 Å². The molecule has 120 valence electrons. The summed E-state index contributed by atoms with van der Waals surface area (Å²) < 4.78 is 0. The molecular formula is C21H19NO2. The number of aryl methyl sites for hydroxylation is 1. The van der Waals surface area contributed by atoms with Crippen LogP contribution in [0.25, 0.3) is 10.8 Å². The molecule has 0 saturated heterocycles. The van der Waals surface area contributed by atoms with Crippen molar-refractivity contribution in [1.82, 2.24) is 0 Å². The Labute approximate surface area is 140 Å². The number of amides is 1. The van der Waals surface area contributed by atoms with Crippen LogP contribution in [0.15, 0.2) is 54.6 Å². The Morgan fingerprint density at radius 3 is 2.50 bits per heavy atom. The fourth-order valence-electron chi connectivity index (χ4n) is 3.50. The van der Waals surface area contributed by atoms with Crippen molar-refractivity contribution < 1.29 is 9.90 Å². The highest BCUT2D eigenvalue weighted by molar-refractivity contribution is 6.09. The van der Waals surface area contributed by atoms with E-state index in [0.717, 1.165) is 35.7 Å². The van der Waals surface area contributed by atoms with Crippen LogP contribution in [-0.4, -0.2) is 11.0 Å². The van der Waals surface area contributed by atoms with E-state index >= 15 is 0 Å². The highest BCUT2D eigenvalue weighted by Crippen LogP contribution is 2.30. The minimum Gasteiger partial charge on any atom is -0.507 e. The van der Waals surface area contributed by atoms with Gasteiger partial charge in [-0.3, -0.25) is 4.79 Å². The lowest BCUT2D eigenvalue weighted by Crippen LogP contribution is -2.15. The first kappa shape index (κ1) is 14.8. The molecule has 0 aromatic heterocycles. The first-order valence-corrected chi connectivity index (χ1v) is 8.36. The normalized spacial score (nSPS) is 13.5. The first-order valence-electron chi connectivity index (χ1n) is 8.36. The zero-order valence-corrected chi connectivity index (χ0v) is 13.4. The zero-order valence-electron chi connectivity index (χ0n) is 13.4. The number of benzene rings is 3. The van der Waals surface area contributed by atoms with E-state index in [1.165, 1.54) is 17.5 Å². The molecule has 24 heavy (non-hydrogen) atoms. The Hall–Kier alpha value is -2.81. The number of phenols is 1. The molecule has 0 bridgehead atoms. The average molecular weight is 317 g/mol. The van der Waals surface area contributed by atoms with Crippen molar-refractivity contribution in [1.29, 1.82) is 0 Å². The molecule has 0 heterocycles. The molecule has 0 radical (unpaired) electrons. The summed E-state index contributed by atoms with van der Waals surface area (Å²) in [5.74, 6) is -0.256. The van der Waals surface area contributed by atoms with E-state index in [-0.39, 0.29) is 11.7 Å². The van der Waals surface area contributed by atoms with Crippen LogP contribution in [0.3, 0.4) is 0 Å². The van der Waals surface area contributed by atoms with E-state index in [9.17, 15) is 9.90 Å². The van der Waals surface area contributed by atoms with Gasteiger partial charge in [-0.15, -0.1) is 0 Å². The molecular weight excluding hydrogens is 298 g/mol. The molecule has 3 heteroatoms. The lowest BCUT2D eigenvalue weighted by molar-refractivity contribution is 0.102. The number of fused-ring (bicyclic) bond motifs is 2. The molecule has 0 spiro atoms. The van der Waals surface area contributed by atoms with E-state index in [1.54, 1.807) is 12.1 Å². The third-order valence-electron chi connectivity index (χ3n) is 4.75. The van der Waals surface area contributed by atoms with Gasteiger partial charge in [0.05, 0.1) is 5.56 Å². The smallest absolute Gasteiger partial charge is 0.259 e. The van der Waals surface area contributed by atoms with E-state index in [1.807, 2.05) is 36.4 Å². The summed E-state index contributed by atoms with van der Waals surface area (Å²) in [7, 11) is 0. The highest BCUT2D eigenvalue weighted by atomic mass is 16.3. The summed E-state index contributed by atoms with van der Waals surface area (Å²) in [5, 5.41) is 15.1. The predicted molar refractivity (Wildman–Crippen MR) is 96.7 cm³/mol. The van der Waals surface area contributed by atoms with E-state index < -0.39 is 0 Å². The van der Waals surface area contributed by atoms with Crippen LogP contribution >= 0.6 is 0 Å². The van der Waals surface area contributed by atoms with E-state index in [4.69, 9.17) is 0 Å². The minimum absolute atomic E-state index is 0.0102. The number of aromatic hydroxyl groups is 1. The molecule has 3 aromatic carbocycles. The quantitative estimate of drug-likeness (QED) is 0.721. The first-order chi connectivity index (χ1) is 11.7. The fourth-order valence-corrected chi connectivity index (χ4v) is 3.50. The van der Waals surface area contributed by atoms with Gasteiger partial charge in [0, 0.05) is 5.69 Å². The summed E-state index contributed by atoms with van der Waals surface area (Å²) in [6.45, 7) is 0. The maximum Gasteiger partial charge on any atom is 0.259 e. The van der Waals surface area contributed by atoms with Crippen LogP contribution in [0.2, 0.25) is 0 Å². The Balaban J connectivity index is 1.69. The van der Waals surface area contributed by atoms with Gasteiger partial charge in [0.25, 0.3) is 5.91 Å². The van der Waals surface area contributed by atoms with Crippen LogP contribution in [0, 0.1) is 0 Å². The maximum atomic E-state index is 12.7. The Morgan fingerprint density at radius 2 is 1.67 bits per heavy atom. The molecule has 0 atom stereocenters. The zero-order chi connectivity index (χ0) is 16.5. The number of nitrogens with one attached hydrogen (secondary N) is 1. The van der Waals surface area contributed by atoms with Crippen molar-refractivity contribution in [3.8, 4) is 5.75 Å². The SMILES string of the molecule is O=C(Nc1cccc2c1CCCC2)c1cc2ccccc2cc1O. The largest absolute Gasteiger partial charge is 0.507 e. The molecule has 0 aliphatic heterocycles. The van der Waals surface area contributed by atoms with Gasteiger partial charge in [0.1, 0.15) is 5.75 Å². The second-order valence-corrected chi connectivity index (χ2v) is 6.32. The third kappa shape index (κ3) is 2.62. The monoisotopic (exact) mass is 317 g/mol. The molecule has 2 N–H and O–H groups in total. The molecule has 3 nitrogen and oxygen atoms in total. The number of anilines is 1. The number of hydrogen-bond acceptors (Lipinski definition) is 2. The van der Waals surface area contributed by atoms with Gasteiger partial charge in [-0.1, -0.05) is 36.4 Å². The number of rotatable bonds is 2. The summed E-state index contributed by atoms with van der Waals surface area (Å²) in [6, 6.07) is 17.2. The number of phenolic OH excluding ortho intramolecular Hbond substituents is 1. The van der Waals surface area contributed by atoms with Gasteiger partial charge in [-0.2, -0.15) is 0 Å². The molecule has 4 rings (SSSR count). The van der Waals surface area contributed by atoms with Gasteiger partial charge < -0.3 is 10.4 Å². The lowest BCUT2D eigenvalue weighted by atomic mass is 9.90. The van der Waals surface area contributed by atoms with Crippen LogP contribution in [0.5, 0.6) is 5.75 Å². The van der Waals surface area contributed by atoms with Crippen molar-refractivity contribution >= 4 is 22.4 Å². The van der Waals surface area contributed by atoms with Crippen molar-refractivity contribution in [3.05, 3.63) is 71.3 Å². The van der Waals surface area contributed by atoms with E-state index in [0.29, 0.717) is 5.56 Å². The van der Waals surface area contributed by atoms with Gasteiger partial charge in [-0.05, 0) is 65.8 Å². The number of carbonyl (C=O) groups is 1.